The maximum absolute atomic E-state index is 13.0. The number of amides is 2. The number of likely N-dealkylation sites (tertiary alicyclic amines) is 1. The lowest BCUT2D eigenvalue weighted by Gasteiger charge is -2.31. The van der Waals surface area contributed by atoms with Gasteiger partial charge in [0, 0.05) is 23.8 Å². The first kappa shape index (κ1) is 18.5. The second kappa shape index (κ2) is 7.50. The number of hydrogen-bond donors (Lipinski definition) is 1. The van der Waals surface area contributed by atoms with Crippen LogP contribution in [0.4, 0.5) is 0 Å². The lowest BCUT2D eigenvalue weighted by atomic mass is 9.96. The van der Waals surface area contributed by atoms with E-state index in [1.165, 1.54) is 0 Å². The molecule has 0 aliphatic carbocycles. The zero-order valence-electron chi connectivity index (χ0n) is 15.0. The molecule has 1 aliphatic heterocycles. The monoisotopic (exact) mass is 374 g/mol. The Morgan fingerprint density at radius 2 is 2.04 bits per heavy atom. The van der Waals surface area contributed by atoms with E-state index in [4.69, 9.17) is 17.3 Å². The molecule has 1 atom stereocenters. The van der Waals surface area contributed by atoms with E-state index < -0.39 is 0 Å². The van der Waals surface area contributed by atoms with Crippen molar-refractivity contribution in [3.8, 4) is 0 Å². The molecule has 0 spiro atoms. The Bertz CT molecular complexity index is 846. The fourth-order valence-electron chi connectivity index (χ4n) is 3.50. The van der Waals surface area contributed by atoms with Gasteiger partial charge >= 0.3 is 0 Å². The van der Waals surface area contributed by atoms with Gasteiger partial charge in [-0.25, -0.2) is 0 Å². The van der Waals surface area contributed by atoms with E-state index in [-0.39, 0.29) is 17.7 Å². The molecule has 0 bridgehead atoms. The molecule has 7 heteroatoms. The van der Waals surface area contributed by atoms with Crippen LogP contribution in [0.25, 0.3) is 0 Å². The summed E-state index contributed by atoms with van der Waals surface area (Å²) >= 11 is 6.24. The Morgan fingerprint density at radius 3 is 2.73 bits per heavy atom. The summed E-state index contributed by atoms with van der Waals surface area (Å²) in [7, 11) is 0. The smallest absolute Gasteiger partial charge is 0.257 e. The Morgan fingerprint density at radius 1 is 1.31 bits per heavy atom. The van der Waals surface area contributed by atoms with E-state index in [0.29, 0.717) is 35.9 Å². The average molecular weight is 375 g/mol. The minimum atomic E-state index is -0.342. The number of hydrogen-bond acceptors (Lipinski definition) is 3. The van der Waals surface area contributed by atoms with Crippen molar-refractivity contribution in [2.45, 2.75) is 33.2 Å². The summed E-state index contributed by atoms with van der Waals surface area (Å²) in [6.45, 7) is 5.24. The molecule has 0 saturated carbocycles. The molecule has 2 N–H and O–H groups in total. The van der Waals surface area contributed by atoms with Crippen LogP contribution in [0.5, 0.6) is 0 Å². The Hall–Kier alpha value is -2.34. The van der Waals surface area contributed by atoms with Crippen molar-refractivity contribution < 1.29 is 9.59 Å². The van der Waals surface area contributed by atoms with E-state index in [0.717, 1.165) is 24.1 Å². The highest BCUT2D eigenvalue weighted by atomic mass is 35.5. The molecule has 1 aromatic carbocycles. The lowest BCUT2D eigenvalue weighted by Crippen LogP contribution is -2.44. The summed E-state index contributed by atoms with van der Waals surface area (Å²) in [4.78, 5) is 26.2. The highest BCUT2D eigenvalue weighted by molar-refractivity contribution is 6.31. The number of halogens is 1. The van der Waals surface area contributed by atoms with Crippen molar-refractivity contribution in [3.63, 3.8) is 0 Å². The van der Waals surface area contributed by atoms with Crippen LogP contribution in [0.1, 0.15) is 40.2 Å². The summed E-state index contributed by atoms with van der Waals surface area (Å²) < 4.78 is 1.80. The molecule has 1 aromatic heterocycles. The molecular formula is C19H23ClN4O2. The second-order valence-electron chi connectivity index (χ2n) is 6.79. The van der Waals surface area contributed by atoms with Crippen LogP contribution in [0.2, 0.25) is 5.02 Å². The molecule has 1 aliphatic rings. The summed E-state index contributed by atoms with van der Waals surface area (Å²) in [6.07, 6.45) is 1.52. The predicted molar refractivity (Wildman–Crippen MR) is 100 cm³/mol. The molecule has 138 valence electrons. The van der Waals surface area contributed by atoms with E-state index in [9.17, 15) is 9.59 Å². The molecule has 2 aromatic rings. The third-order valence-electron chi connectivity index (χ3n) is 4.98. The molecule has 26 heavy (non-hydrogen) atoms. The average Bonchev–Trinajstić information content (AvgIpc) is 2.90. The largest absolute Gasteiger partial charge is 0.369 e. The highest BCUT2D eigenvalue weighted by Gasteiger charge is 2.30. The fourth-order valence-corrected chi connectivity index (χ4v) is 3.70. The van der Waals surface area contributed by atoms with Gasteiger partial charge in [0.25, 0.3) is 5.91 Å². The second-order valence-corrected chi connectivity index (χ2v) is 7.19. The van der Waals surface area contributed by atoms with Gasteiger partial charge in [-0.15, -0.1) is 0 Å². The van der Waals surface area contributed by atoms with Crippen molar-refractivity contribution in [3.05, 3.63) is 51.8 Å². The van der Waals surface area contributed by atoms with Gasteiger partial charge in [-0.05, 0) is 38.3 Å². The zero-order chi connectivity index (χ0) is 18.8. The van der Waals surface area contributed by atoms with E-state index in [1.54, 1.807) is 9.58 Å². The van der Waals surface area contributed by atoms with Crippen LogP contribution >= 0.6 is 11.6 Å². The lowest BCUT2D eigenvalue weighted by molar-refractivity contribution is -0.123. The normalized spacial score (nSPS) is 17.3. The quantitative estimate of drug-likeness (QED) is 0.892. The number of nitrogens with two attached hydrogens (primary N) is 1. The third-order valence-corrected chi connectivity index (χ3v) is 5.35. The fraction of sp³-hybridized carbons (Fsp3) is 0.421. The number of rotatable bonds is 4. The molecule has 0 radical (unpaired) electrons. The maximum atomic E-state index is 13.0. The first-order valence-electron chi connectivity index (χ1n) is 8.74. The molecule has 1 fully saturated rings. The molecule has 6 nitrogen and oxygen atoms in total. The Labute approximate surface area is 157 Å². The van der Waals surface area contributed by atoms with Crippen molar-refractivity contribution in [1.29, 1.82) is 0 Å². The number of primary amides is 1. The number of nitrogens with zero attached hydrogens (tertiary/aromatic N) is 3. The van der Waals surface area contributed by atoms with Crippen molar-refractivity contribution in [2.75, 3.05) is 13.1 Å². The number of aromatic nitrogens is 2. The third kappa shape index (κ3) is 3.60. The number of piperidine rings is 1. The topological polar surface area (TPSA) is 81.2 Å². The van der Waals surface area contributed by atoms with Crippen LogP contribution in [-0.2, 0) is 11.3 Å². The molecule has 1 unspecified atom stereocenters. The van der Waals surface area contributed by atoms with E-state index in [2.05, 4.69) is 5.10 Å². The first-order valence-corrected chi connectivity index (χ1v) is 9.12. The SMILES string of the molecule is Cc1nn(Cc2ccccc2Cl)c(C)c1C(=O)N1CCCC(C(N)=O)C1. The number of carbonyl (C=O) groups excluding carboxylic acids is 2. The summed E-state index contributed by atoms with van der Waals surface area (Å²) in [5.74, 6) is -0.701. The standard InChI is InChI=1S/C19H23ClN4O2/c1-12-17(19(26)23-9-5-7-15(10-23)18(21)25)13(2)24(22-12)11-14-6-3-4-8-16(14)20/h3-4,6,8,15H,5,7,9-11H2,1-2H3,(H2,21,25). The van der Waals surface area contributed by atoms with Crippen molar-refractivity contribution >= 4 is 23.4 Å². The molecule has 2 heterocycles. The minimum Gasteiger partial charge on any atom is -0.369 e. The van der Waals surface area contributed by atoms with Gasteiger partial charge in [0.05, 0.1) is 23.7 Å². The van der Waals surface area contributed by atoms with Crippen LogP contribution in [0, 0.1) is 19.8 Å². The predicted octanol–water partition coefficient (Wildman–Crippen LogP) is 2.54. The van der Waals surface area contributed by atoms with E-state index in [1.807, 2.05) is 38.1 Å². The Kier molecular flexibility index (Phi) is 5.32. The number of carbonyl (C=O) groups is 2. The van der Waals surface area contributed by atoms with Crippen molar-refractivity contribution in [1.82, 2.24) is 14.7 Å². The van der Waals surface area contributed by atoms with Crippen LogP contribution in [0.3, 0.4) is 0 Å². The van der Waals surface area contributed by atoms with Gasteiger partial charge in [-0.2, -0.15) is 5.10 Å². The molecular weight excluding hydrogens is 352 g/mol. The number of aryl methyl sites for hydroxylation is 1. The zero-order valence-corrected chi connectivity index (χ0v) is 15.8. The van der Waals surface area contributed by atoms with Crippen molar-refractivity contribution in [2.24, 2.45) is 11.7 Å². The molecule has 3 rings (SSSR count). The van der Waals surface area contributed by atoms with Crippen LogP contribution < -0.4 is 5.73 Å². The minimum absolute atomic E-state index is 0.0867. The Balaban J connectivity index is 1.84. The number of benzene rings is 1. The maximum Gasteiger partial charge on any atom is 0.257 e. The van der Waals surface area contributed by atoms with Crippen LogP contribution in [0.15, 0.2) is 24.3 Å². The van der Waals surface area contributed by atoms with Crippen LogP contribution in [-0.4, -0.2) is 39.6 Å². The summed E-state index contributed by atoms with van der Waals surface area (Å²) in [5, 5.41) is 5.21. The van der Waals surface area contributed by atoms with Gasteiger partial charge in [0.2, 0.25) is 5.91 Å². The molecule has 2 amide bonds. The summed E-state index contributed by atoms with van der Waals surface area (Å²) in [6, 6.07) is 7.60. The van der Waals surface area contributed by atoms with E-state index >= 15 is 0 Å². The van der Waals surface area contributed by atoms with Gasteiger partial charge < -0.3 is 10.6 Å². The van der Waals surface area contributed by atoms with Gasteiger partial charge in [-0.3, -0.25) is 14.3 Å². The molecule has 1 saturated heterocycles. The van der Waals surface area contributed by atoms with Gasteiger partial charge in [-0.1, -0.05) is 29.8 Å². The van der Waals surface area contributed by atoms with Gasteiger partial charge in [0.1, 0.15) is 0 Å². The van der Waals surface area contributed by atoms with Gasteiger partial charge in [0.15, 0.2) is 0 Å². The summed E-state index contributed by atoms with van der Waals surface area (Å²) in [5.41, 5.74) is 8.46. The first-order chi connectivity index (χ1) is 12.4. The highest BCUT2D eigenvalue weighted by Crippen LogP contribution is 2.23.